The highest BCUT2D eigenvalue weighted by atomic mass is 15.3. The molecule has 1 heterocycles. The lowest BCUT2D eigenvalue weighted by Crippen LogP contribution is -2.53. The average Bonchev–Trinajstić information content (AvgIpc) is 1.96. The molecule has 0 aromatic carbocycles. The standard InChI is InChI=1S/C9H18N2/c1-5-9-7-10(3)6-8(2)11(9)4/h5,8-9H,1,6-7H2,2-4H3/t8?,9-/m0/s1. The summed E-state index contributed by atoms with van der Waals surface area (Å²) in [6.45, 7) is 8.37. The number of nitrogens with zero attached hydrogens (tertiary/aromatic N) is 2. The molecule has 11 heavy (non-hydrogen) atoms. The molecular weight excluding hydrogens is 136 g/mol. The molecule has 1 aliphatic rings. The van der Waals surface area contributed by atoms with Gasteiger partial charge in [-0.15, -0.1) is 6.58 Å². The second-order valence-corrected chi connectivity index (χ2v) is 3.54. The minimum Gasteiger partial charge on any atom is -0.303 e. The molecule has 0 aromatic heterocycles. The molecule has 0 radical (unpaired) electrons. The first-order chi connectivity index (χ1) is 5.15. The topological polar surface area (TPSA) is 6.48 Å². The number of rotatable bonds is 1. The Bertz CT molecular complexity index is 144. The van der Waals surface area contributed by atoms with E-state index in [0.717, 1.165) is 6.54 Å². The zero-order chi connectivity index (χ0) is 8.43. The van der Waals surface area contributed by atoms with Crippen LogP contribution in [0.5, 0.6) is 0 Å². The van der Waals surface area contributed by atoms with Crippen molar-refractivity contribution in [2.75, 3.05) is 27.2 Å². The highest BCUT2D eigenvalue weighted by molar-refractivity contribution is 4.94. The van der Waals surface area contributed by atoms with Crippen molar-refractivity contribution < 1.29 is 0 Å². The van der Waals surface area contributed by atoms with Gasteiger partial charge >= 0.3 is 0 Å². The molecule has 2 heteroatoms. The molecule has 1 aliphatic heterocycles. The second kappa shape index (κ2) is 3.37. The number of hydrogen-bond donors (Lipinski definition) is 0. The molecule has 64 valence electrons. The Morgan fingerprint density at radius 1 is 1.36 bits per heavy atom. The quantitative estimate of drug-likeness (QED) is 0.516. The first-order valence-corrected chi connectivity index (χ1v) is 4.18. The fourth-order valence-corrected chi connectivity index (χ4v) is 1.67. The second-order valence-electron chi connectivity index (χ2n) is 3.54. The first kappa shape index (κ1) is 8.75. The van der Waals surface area contributed by atoms with Gasteiger partial charge in [0.25, 0.3) is 0 Å². The zero-order valence-electron chi connectivity index (χ0n) is 7.75. The Morgan fingerprint density at radius 2 is 2.00 bits per heavy atom. The number of piperazine rings is 1. The van der Waals surface area contributed by atoms with Crippen LogP contribution in [0.1, 0.15) is 6.92 Å². The highest BCUT2D eigenvalue weighted by Gasteiger charge is 2.24. The molecule has 1 unspecified atom stereocenters. The van der Waals surface area contributed by atoms with Crippen LogP contribution in [0.25, 0.3) is 0 Å². The fraction of sp³-hybridized carbons (Fsp3) is 0.778. The van der Waals surface area contributed by atoms with Crippen molar-refractivity contribution in [2.24, 2.45) is 0 Å². The lowest BCUT2D eigenvalue weighted by Gasteiger charge is -2.41. The van der Waals surface area contributed by atoms with E-state index in [0.29, 0.717) is 12.1 Å². The van der Waals surface area contributed by atoms with Gasteiger partial charge in [-0.1, -0.05) is 6.08 Å². The third-order valence-corrected chi connectivity index (χ3v) is 2.57. The van der Waals surface area contributed by atoms with E-state index in [-0.39, 0.29) is 0 Å². The monoisotopic (exact) mass is 154 g/mol. The van der Waals surface area contributed by atoms with Crippen LogP contribution >= 0.6 is 0 Å². The van der Waals surface area contributed by atoms with E-state index in [9.17, 15) is 0 Å². The van der Waals surface area contributed by atoms with E-state index < -0.39 is 0 Å². The molecule has 0 aliphatic carbocycles. The Balaban J connectivity index is 2.58. The molecule has 0 spiro atoms. The summed E-state index contributed by atoms with van der Waals surface area (Å²) in [5.41, 5.74) is 0. The number of likely N-dealkylation sites (N-methyl/N-ethyl adjacent to an activating group) is 2. The van der Waals surface area contributed by atoms with Crippen molar-refractivity contribution in [1.29, 1.82) is 0 Å². The molecule has 0 aromatic rings. The summed E-state index contributed by atoms with van der Waals surface area (Å²) < 4.78 is 0. The van der Waals surface area contributed by atoms with Crippen molar-refractivity contribution >= 4 is 0 Å². The van der Waals surface area contributed by atoms with E-state index in [1.54, 1.807) is 0 Å². The van der Waals surface area contributed by atoms with E-state index >= 15 is 0 Å². The van der Waals surface area contributed by atoms with Gasteiger partial charge in [-0.05, 0) is 21.0 Å². The van der Waals surface area contributed by atoms with E-state index in [2.05, 4.69) is 37.4 Å². The maximum absolute atomic E-state index is 3.84. The molecule has 1 saturated heterocycles. The molecule has 2 atom stereocenters. The van der Waals surface area contributed by atoms with Crippen LogP contribution < -0.4 is 0 Å². The minimum atomic E-state index is 0.531. The summed E-state index contributed by atoms with van der Waals surface area (Å²) in [7, 11) is 4.34. The molecule has 0 N–H and O–H groups in total. The van der Waals surface area contributed by atoms with Gasteiger partial charge in [-0.2, -0.15) is 0 Å². The van der Waals surface area contributed by atoms with Crippen molar-refractivity contribution in [3.05, 3.63) is 12.7 Å². The van der Waals surface area contributed by atoms with Gasteiger partial charge in [0, 0.05) is 25.2 Å². The Kier molecular flexibility index (Phi) is 2.68. The Hall–Kier alpha value is -0.340. The van der Waals surface area contributed by atoms with Gasteiger partial charge in [0.2, 0.25) is 0 Å². The van der Waals surface area contributed by atoms with E-state index in [1.807, 2.05) is 6.08 Å². The maximum Gasteiger partial charge on any atom is 0.0403 e. The lowest BCUT2D eigenvalue weighted by atomic mass is 10.1. The fourth-order valence-electron chi connectivity index (χ4n) is 1.67. The van der Waals surface area contributed by atoms with Crippen LogP contribution in [0.4, 0.5) is 0 Å². The van der Waals surface area contributed by atoms with Crippen LogP contribution in [0.15, 0.2) is 12.7 Å². The Labute approximate surface area is 69.5 Å². The van der Waals surface area contributed by atoms with Crippen LogP contribution in [0.2, 0.25) is 0 Å². The van der Waals surface area contributed by atoms with Crippen LogP contribution in [-0.2, 0) is 0 Å². The minimum absolute atomic E-state index is 0.531. The molecule has 0 amide bonds. The summed E-state index contributed by atoms with van der Waals surface area (Å²) in [5.74, 6) is 0. The molecule has 0 bridgehead atoms. The van der Waals surface area contributed by atoms with E-state index in [4.69, 9.17) is 0 Å². The van der Waals surface area contributed by atoms with Gasteiger partial charge in [-0.3, -0.25) is 4.90 Å². The van der Waals surface area contributed by atoms with Crippen LogP contribution in [-0.4, -0.2) is 49.1 Å². The molecule has 1 rings (SSSR count). The van der Waals surface area contributed by atoms with Gasteiger partial charge in [-0.25, -0.2) is 0 Å². The summed E-state index contributed by atoms with van der Waals surface area (Å²) in [6.07, 6.45) is 2.03. The Morgan fingerprint density at radius 3 is 2.55 bits per heavy atom. The third-order valence-electron chi connectivity index (χ3n) is 2.57. The van der Waals surface area contributed by atoms with Crippen LogP contribution in [0, 0.1) is 0 Å². The predicted octanol–water partition coefficient (Wildman–Crippen LogP) is 0.807. The van der Waals surface area contributed by atoms with Crippen molar-refractivity contribution in [3.63, 3.8) is 0 Å². The molecular formula is C9H18N2. The zero-order valence-corrected chi connectivity index (χ0v) is 7.75. The van der Waals surface area contributed by atoms with Crippen molar-refractivity contribution in [3.8, 4) is 0 Å². The van der Waals surface area contributed by atoms with Gasteiger partial charge in [0.15, 0.2) is 0 Å². The molecule has 1 fully saturated rings. The highest BCUT2D eigenvalue weighted by Crippen LogP contribution is 2.12. The summed E-state index contributed by atoms with van der Waals surface area (Å²) >= 11 is 0. The van der Waals surface area contributed by atoms with Crippen LogP contribution in [0.3, 0.4) is 0 Å². The molecule has 2 nitrogen and oxygen atoms in total. The number of hydrogen-bond acceptors (Lipinski definition) is 2. The maximum atomic E-state index is 3.84. The summed E-state index contributed by atoms with van der Waals surface area (Å²) in [6, 6.07) is 1.18. The van der Waals surface area contributed by atoms with Crippen molar-refractivity contribution in [1.82, 2.24) is 9.80 Å². The van der Waals surface area contributed by atoms with Gasteiger partial charge < -0.3 is 4.90 Å². The predicted molar refractivity (Wildman–Crippen MR) is 48.7 cm³/mol. The third kappa shape index (κ3) is 1.82. The van der Waals surface area contributed by atoms with Crippen molar-refractivity contribution in [2.45, 2.75) is 19.0 Å². The smallest absolute Gasteiger partial charge is 0.0403 e. The van der Waals surface area contributed by atoms with Gasteiger partial charge in [0.05, 0.1) is 0 Å². The van der Waals surface area contributed by atoms with E-state index in [1.165, 1.54) is 6.54 Å². The first-order valence-electron chi connectivity index (χ1n) is 4.18. The average molecular weight is 154 g/mol. The van der Waals surface area contributed by atoms with Gasteiger partial charge in [0.1, 0.15) is 0 Å². The molecule has 0 saturated carbocycles. The SMILES string of the molecule is C=C[C@H]1CN(C)CC(C)N1C. The lowest BCUT2D eigenvalue weighted by molar-refractivity contribution is 0.0899. The summed E-state index contributed by atoms with van der Waals surface area (Å²) in [5, 5.41) is 0. The summed E-state index contributed by atoms with van der Waals surface area (Å²) in [4.78, 5) is 4.74. The largest absolute Gasteiger partial charge is 0.303 e. The normalized spacial score (nSPS) is 35.5.